The Morgan fingerprint density at radius 1 is 0.923 bits per heavy atom. The summed E-state index contributed by atoms with van der Waals surface area (Å²) >= 11 is 0. The van der Waals surface area contributed by atoms with E-state index in [0.29, 0.717) is 38.5 Å². The molecule has 0 spiro atoms. The Labute approximate surface area is 230 Å². The van der Waals surface area contributed by atoms with Crippen molar-refractivity contribution in [2.45, 2.75) is 108 Å². The van der Waals surface area contributed by atoms with Crippen LogP contribution in [0.25, 0.3) is 0 Å². The Hall–Kier alpha value is -1.88. The minimum absolute atomic E-state index is 0.0958. The summed E-state index contributed by atoms with van der Waals surface area (Å²) in [6, 6.07) is 0. The van der Waals surface area contributed by atoms with E-state index in [1.807, 2.05) is 19.1 Å². The summed E-state index contributed by atoms with van der Waals surface area (Å²) in [5.41, 5.74) is 0. The second kappa shape index (κ2) is 13.2. The zero-order valence-corrected chi connectivity index (χ0v) is 23.0. The first-order valence-corrected chi connectivity index (χ1v) is 14.4. The van der Waals surface area contributed by atoms with Gasteiger partial charge in [-0.2, -0.15) is 0 Å². The minimum Gasteiger partial charge on any atom is -0.459 e. The molecule has 5 unspecified atom stereocenters. The first-order valence-electron chi connectivity index (χ1n) is 14.4. The highest BCUT2D eigenvalue weighted by Crippen LogP contribution is 2.47. The van der Waals surface area contributed by atoms with E-state index in [1.165, 1.54) is 6.08 Å². The largest absolute Gasteiger partial charge is 0.459 e. The second-order valence-electron chi connectivity index (χ2n) is 11.7. The summed E-state index contributed by atoms with van der Waals surface area (Å²) < 4.78 is 17.4. The summed E-state index contributed by atoms with van der Waals surface area (Å²) in [6.45, 7) is 5.32. The fourth-order valence-corrected chi connectivity index (χ4v) is 6.38. The number of cyclic esters (lactones) is 1. The summed E-state index contributed by atoms with van der Waals surface area (Å²) in [5.74, 6) is -1.04. The van der Waals surface area contributed by atoms with Crippen LogP contribution in [0.3, 0.4) is 0 Å². The van der Waals surface area contributed by atoms with Crippen LogP contribution in [0.4, 0.5) is 0 Å². The molecule has 0 bridgehead atoms. The van der Waals surface area contributed by atoms with Crippen molar-refractivity contribution >= 4 is 11.8 Å². The third kappa shape index (κ3) is 7.07. The smallest absolute Gasteiger partial charge is 0.330 e. The van der Waals surface area contributed by atoms with Crippen molar-refractivity contribution in [1.82, 2.24) is 0 Å². The van der Waals surface area contributed by atoms with E-state index in [0.717, 1.165) is 0 Å². The van der Waals surface area contributed by atoms with Crippen LogP contribution in [0.2, 0.25) is 0 Å². The molecule has 0 aromatic carbocycles. The van der Waals surface area contributed by atoms with Crippen molar-refractivity contribution in [3.8, 4) is 0 Å². The molecule has 2 fully saturated rings. The number of aliphatic hydroxyl groups is 4. The Morgan fingerprint density at radius 2 is 1.69 bits per heavy atom. The first-order chi connectivity index (χ1) is 18.6. The Morgan fingerprint density at radius 3 is 2.44 bits per heavy atom. The monoisotopic (exact) mass is 548 g/mol. The van der Waals surface area contributed by atoms with Crippen LogP contribution in [-0.2, 0) is 23.8 Å². The van der Waals surface area contributed by atoms with E-state index in [9.17, 15) is 30.0 Å². The van der Waals surface area contributed by atoms with Crippen molar-refractivity contribution in [2.75, 3.05) is 0 Å². The molecule has 0 aromatic heterocycles. The van der Waals surface area contributed by atoms with Gasteiger partial charge in [-0.3, -0.25) is 4.79 Å². The van der Waals surface area contributed by atoms with Gasteiger partial charge in [-0.05, 0) is 69.3 Å². The van der Waals surface area contributed by atoms with Crippen LogP contribution in [0.1, 0.15) is 59.3 Å². The number of ether oxygens (including phenoxy) is 3. The molecule has 0 radical (unpaired) electrons. The number of esters is 1. The number of hydrogen-bond donors (Lipinski definition) is 4. The molecule has 9 heteroatoms. The molecule has 1 saturated carbocycles. The van der Waals surface area contributed by atoms with E-state index < -0.39 is 48.7 Å². The normalized spacial score (nSPS) is 47.3. The van der Waals surface area contributed by atoms with E-state index >= 15 is 0 Å². The van der Waals surface area contributed by atoms with E-state index in [1.54, 1.807) is 19.9 Å². The van der Waals surface area contributed by atoms with E-state index in [-0.39, 0.29) is 41.7 Å². The summed E-state index contributed by atoms with van der Waals surface area (Å²) in [5, 5.41) is 41.2. The summed E-state index contributed by atoms with van der Waals surface area (Å²) in [6.07, 6.45) is 7.74. The molecule has 2 heterocycles. The lowest BCUT2D eigenvalue weighted by Crippen LogP contribution is -2.57. The van der Waals surface area contributed by atoms with Gasteiger partial charge in [0, 0.05) is 17.9 Å². The Bertz CT molecular complexity index is 945. The van der Waals surface area contributed by atoms with Crippen LogP contribution in [0.5, 0.6) is 0 Å². The van der Waals surface area contributed by atoms with Gasteiger partial charge in [0.15, 0.2) is 12.1 Å². The molecule has 0 aromatic rings. The van der Waals surface area contributed by atoms with Crippen molar-refractivity contribution < 1.29 is 44.2 Å². The summed E-state index contributed by atoms with van der Waals surface area (Å²) in [7, 11) is 0. The topological polar surface area (TPSA) is 143 Å². The van der Waals surface area contributed by atoms with Gasteiger partial charge in [0.2, 0.25) is 0 Å². The fourth-order valence-electron chi connectivity index (χ4n) is 6.38. The number of rotatable bonds is 3. The van der Waals surface area contributed by atoms with Gasteiger partial charge >= 0.3 is 5.97 Å². The maximum absolute atomic E-state index is 13.0. The molecule has 9 nitrogen and oxygen atoms in total. The number of aliphatic hydroxyl groups excluding tert-OH is 4. The molecule has 218 valence electrons. The number of allylic oxidation sites excluding steroid dienone is 5. The molecule has 4 rings (SSSR count). The number of carbonyl (C=O) groups excluding carboxylic acids is 2. The predicted molar refractivity (Wildman–Crippen MR) is 142 cm³/mol. The van der Waals surface area contributed by atoms with Crippen molar-refractivity contribution in [3.05, 3.63) is 36.5 Å². The first kappa shape index (κ1) is 30.1. The van der Waals surface area contributed by atoms with Crippen molar-refractivity contribution in [1.29, 1.82) is 0 Å². The quantitative estimate of drug-likeness (QED) is 0.308. The summed E-state index contributed by atoms with van der Waals surface area (Å²) in [4.78, 5) is 25.6. The molecule has 1 saturated heterocycles. The SMILES string of the molecule is CC[C@H]1CCC[C@H](O)[C@@H](C)C(=O)/C=C/[C@H]2[C@@H]3C[C@H](OC4OC(C)C(O)C(O)C4O)C[C@H]3C=C[C@H]2/C=C/C(=O)O1. The minimum atomic E-state index is -1.37. The average molecular weight is 549 g/mol. The highest BCUT2D eigenvalue weighted by Gasteiger charge is 2.47. The van der Waals surface area contributed by atoms with Crippen LogP contribution < -0.4 is 0 Å². The lowest BCUT2D eigenvalue weighted by atomic mass is 9.71. The standard InChI is InChI=1S/C30H44O9/c1-4-20-6-5-7-24(31)16(2)25(32)12-11-22-18(10-13-26(33)38-20)8-9-19-14-21(15-23(19)22)39-30-29(36)28(35)27(34)17(3)37-30/h8-13,16-24,27-31,34-36H,4-7,14-15H2,1-3H3/b12-11+,13-10+/t16-,17?,18+,19-,20+,21-,22-,23-,24+,27?,28?,29?,30?/m1/s1. The van der Waals surface area contributed by atoms with E-state index in [2.05, 4.69) is 12.2 Å². The third-order valence-corrected chi connectivity index (χ3v) is 9.00. The van der Waals surface area contributed by atoms with Crippen LogP contribution in [-0.4, -0.2) is 81.2 Å². The van der Waals surface area contributed by atoms with Gasteiger partial charge in [-0.25, -0.2) is 4.79 Å². The number of fused-ring (bicyclic) bond motifs is 3. The maximum atomic E-state index is 13.0. The molecule has 4 N–H and O–H groups in total. The van der Waals surface area contributed by atoms with Crippen LogP contribution in [0, 0.1) is 29.6 Å². The van der Waals surface area contributed by atoms with Crippen molar-refractivity contribution in [2.24, 2.45) is 29.6 Å². The molecule has 4 aliphatic rings. The zero-order chi connectivity index (χ0) is 28.3. The molecular formula is C30H44O9. The number of hydrogen-bond acceptors (Lipinski definition) is 9. The van der Waals surface area contributed by atoms with Crippen molar-refractivity contribution in [3.63, 3.8) is 0 Å². The molecule has 2 aliphatic carbocycles. The molecule has 2 aliphatic heterocycles. The molecular weight excluding hydrogens is 504 g/mol. The lowest BCUT2D eigenvalue weighted by Gasteiger charge is -2.40. The predicted octanol–water partition coefficient (Wildman–Crippen LogP) is 2.21. The highest BCUT2D eigenvalue weighted by molar-refractivity contribution is 5.91. The Balaban J connectivity index is 1.53. The second-order valence-corrected chi connectivity index (χ2v) is 11.7. The van der Waals surface area contributed by atoms with Gasteiger partial charge in [0.25, 0.3) is 0 Å². The highest BCUT2D eigenvalue weighted by atomic mass is 16.7. The van der Waals surface area contributed by atoms with Gasteiger partial charge in [-0.1, -0.05) is 38.2 Å². The number of carbonyl (C=O) groups is 2. The van der Waals surface area contributed by atoms with Crippen LogP contribution >= 0.6 is 0 Å². The lowest BCUT2D eigenvalue weighted by molar-refractivity contribution is -0.303. The third-order valence-electron chi connectivity index (χ3n) is 9.00. The zero-order valence-electron chi connectivity index (χ0n) is 23.0. The maximum Gasteiger partial charge on any atom is 0.330 e. The molecule has 13 atom stereocenters. The fraction of sp³-hybridized carbons (Fsp3) is 0.733. The molecule has 39 heavy (non-hydrogen) atoms. The van der Waals surface area contributed by atoms with Gasteiger partial charge in [0.05, 0.1) is 18.3 Å². The van der Waals surface area contributed by atoms with Crippen LogP contribution in [0.15, 0.2) is 36.5 Å². The Kier molecular flexibility index (Phi) is 10.2. The average Bonchev–Trinajstić information content (AvgIpc) is 3.33. The van der Waals surface area contributed by atoms with Gasteiger partial charge in [0.1, 0.15) is 24.4 Å². The molecule has 0 amide bonds. The number of ketones is 1. The van der Waals surface area contributed by atoms with Gasteiger partial charge < -0.3 is 34.6 Å². The van der Waals surface area contributed by atoms with E-state index in [4.69, 9.17) is 14.2 Å². The van der Waals surface area contributed by atoms with Gasteiger partial charge in [-0.15, -0.1) is 0 Å².